The molecule has 0 bridgehead atoms. The van der Waals surface area contributed by atoms with Gasteiger partial charge < -0.3 is 4.74 Å². The number of carbonyl (C=O) groups excluding carboxylic acids is 2. The van der Waals surface area contributed by atoms with E-state index < -0.39 is 39.9 Å². The third kappa shape index (κ3) is 2.64. The molecule has 150 valence electrons. The molecular weight excluding hydrogens is 372 g/mol. The number of benzene rings is 2. The number of rotatable bonds is 2. The number of carbonyl (C=O) groups is 2. The number of para-hydroxylation sites is 1. The maximum absolute atomic E-state index is 13.6. The predicted molar refractivity (Wildman–Crippen MR) is 107 cm³/mol. The van der Waals surface area contributed by atoms with Crippen LogP contribution in [0.25, 0.3) is 0 Å². The lowest BCUT2D eigenvalue weighted by Crippen LogP contribution is -2.42. The van der Waals surface area contributed by atoms with Crippen molar-refractivity contribution in [2.75, 3.05) is 4.90 Å². The van der Waals surface area contributed by atoms with Crippen molar-refractivity contribution in [3.63, 3.8) is 0 Å². The Bertz CT molecular complexity index is 1040. The smallest absolute Gasteiger partial charge is 0.421 e. The summed E-state index contributed by atoms with van der Waals surface area (Å²) in [6.45, 7) is 7.00. The van der Waals surface area contributed by atoms with Gasteiger partial charge in [0.15, 0.2) is 5.41 Å². The molecule has 7 heteroatoms. The summed E-state index contributed by atoms with van der Waals surface area (Å²) in [6, 6.07) is 13.0. The molecule has 1 heterocycles. The third-order valence-corrected chi connectivity index (χ3v) is 5.64. The zero-order valence-corrected chi connectivity index (χ0v) is 16.7. The Kier molecular flexibility index (Phi) is 4.05. The number of aryl methyl sites for hydroxylation is 1. The number of hydrogen-bond acceptors (Lipinski definition) is 5. The number of anilines is 1. The minimum atomic E-state index is -1.40. The van der Waals surface area contributed by atoms with Crippen molar-refractivity contribution in [3.8, 4) is 0 Å². The minimum Gasteiger partial charge on any atom is -0.443 e. The van der Waals surface area contributed by atoms with E-state index in [4.69, 9.17) is 4.74 Å². The number of fused-ring (bicyclic) bond motifs is 2. The van der Waals surface area contributed by atoms with Crippen molar-refractivity contribution < 1.29 is 19.2 Å². The van der Waals surface area contributed by atoms with Gasteiger partial charge in [0.1, 0.15) is 5.60 Å². The van der Waals surface area contributed by atoms with Crippen LogP contribution < -0.4 is 4.90 Å². The Morgan fingerprint density at radius 2 is 1.76 bits per heavy atom. The van der Waals surface area contributed by atoms with Crippen LogP contribution in [0.2, 0.25) is 0 Å². The van der Waals surface area contributed by atoms with Crippen molar-refractivity contribution in [1.29, 1.82) is 0 Å². The number of hydrogen-bond donors (Lipinski definition) is 0. The fourth-order valence-electron chi connectivity index (χ4n) is 4.51. The van der Waals surface area contributed by atoms with Crippen LogP contribution in [-0.2, 0) is 14.9 Å². The summed E-state index contributed by atoms with van der Waals surface area (Å²) in [4.78, 5) is 39.0. The van der Waals surface area contributed by atoms with Crippen molar-refractivity contribution in [1.82, 2.24) is 0 Å². The largest absolute Gasteiger partial charge is 0.443 e. The van der Waals surface area contributed by atoms with Gasteiger partial charge in [0, 0.05) is 4.92 Å². The summed E-state index contributed by atoms with van der Waals surface area (Å²) in [7, 11) is 0. The lowest BCUT2D eigenvalue weighted by molar-refractivity contribution is -0.499. The lowest BCUT2D eigenvalue weighted by Gasteiger charge is -2.24. The molecule has 1 fully saturated rings. The highest BCUT2D eigenvalue weighted by Gasteiger charge is 2.83. The van der Waals surface area contributed by atoms with Gasteiger partial charge in [0.25, 0.3) is 5.91 Å². The molecular formula is C22H22N2O5. The molecule has 4 rings (SSSR count). The van der Waals surface area contributed by atoms with Gasteiger partial charge in [-0.3, -0.25) is 14.9 Å². The first-order valence-electron chi connectivity index (χ1n) is 9.46. The normalized spacial score (nSPS) is 25.1. The number of nitro groups is 1. The first kappa shape index (κ1) is 19.1. The minimum absolute atomic E-state index is 0.356. The molecule has 29 heavy (non-hydrogen) atoms. The molecule has 2 aromatic rings. The van der Waals surface area contributed by atoms with Crippen LogP contribution in [0.3, 0.4) is 0 Å². The average Bonchev–Trinajstić information content (AvgIpc) is 3.25. The number of amides is 2. The molecule has 2 aromatic carbocycles. The first-order chi connectivity index (χ1) is 13.6. The Hall–Kier alpha value is -3.22. The first-order valence-corrected chi connectivity index (χ1v) is 9.46. The summed E-state index contributed by atoms with van der Waals surface area (Å²) < 4.78 is 5.43. The Balaban J connectivity index is 1.88. The average molecular weight is 394 g/mol. The van der Waals surface area contributed by atoms with Crippen molar-refractivity contribution in [3.05, 3.63) is 75.3 Å². The van der Waals surface area contributed by atoms with Gasteiger partial charge >= 0.3 is 6.09 Å². The molecule has 3 atom stereocenters. The molecule has 0 aromatic heterocycles. The second-order valence-corrected chi connectivity index (χ2v) is 8.57. The predicted octanol–water partition coefficient (Wildman–Crippen LogP) is 3.96. The van der Waals surface area contributed by atoms with Crippen LogP contribution >= 0.6 is 0 Å². The molecule has 1 unspecified atom stereocenters. The summed E-state index contributed by atoms with van der Waals surface area (Å²) in [5, 5.41) is 12.0. The van der Waals surface area contributed by atoms with E-state index in [0.717, 1.165) is 16.0 Å². The molecule has 0 radical (unpaired) electrons. The van der Waals surface area contributed by atoms with Gasteiger partial charge in [-0.15, -0.1) is 0 Å². The molecule has 7 nitrogen and oxygen atoms in total. The second kappa shape index (κ2) is 6.14. The van der Waals surface area contributed by atoms with E-state index in [-0.39, 0.29) is 0 Å². The summed E-state index contributed by atoms with van der Waals surface area (Å²) >= 11 is 0. The summed E-state index contributed by atoms with van der Waals surface area (Å²) in [5.74, 6) is -1.23. The van der Waals surface area contributed by atoms with Crippen LogP contribution in [0.1, 0.15) is 43.4 Å². The standard InChI is InChI=1S/C22H22N2O5/c1-13-9-5-6-10-14(13)17-18(24(27)28)22(17)15-11-7-8-12-16(15)23(19(22)25)20(26)29-21(2,3)4/h5-12,17-18H,1-4H3/t17-,18?,22-/m0/s1. The van der Waals surface area contributed by atoms with E-state index in [1.165, 1.54) is 0 Å². The maximum atomic E-state index is 13.6. The molecule has 1 aliphatic carbocycles. The van der Waals surface area contributed by atoms with Crippen LogP contribution in [-0.4, -0.2) is 28.6 Å². The quantitative estimate of drug-likeness (QED) is 0.568. The fourth-order valence-corrected chi connectivity index (χ4v) is 4.51. The number of ether oxygens (including phenoxy) is 1. The van der Waals surface area contributed by atoms with E-state index in [9.17, 15) is 19.7 Å². The zero-order chi connectivity index (χ0) is 21.1. The van der Waals surface area contributed by atoms with E-state index in [0.29, 0.717) is 11.3 Å². The monoisotopic (exact) mass is 394 g/mol. The van der Waals surface area contributed by atoms with Gasteiger partial charge in [0.05, 0.1) is 11.6 Å². The van der Waals surface area contributed by atoms with Crippen LogP contribution in [0, 0.1) is 17.0 Å². The van der Waals surface area contributed by atoms with Crippen molar-refractivity contribution in [2.45, 2.75) is 50.7 Å². The highest BCUT2D eigenvalue weighted by Crippen LogP contribution is 2.67. The van der Waals surface area contributed by atoms with Gasteiger partial charge in [-0.1, -0.05) is 42.5 Å². The van der Waals surface area contributed by atoms with Crippen LogP contribution in [0.4, 0.5) is 10.5 Å². The van der Waals surface area contributed by atoms with Crippen LogP contribution in [0.5, 0.6) is 0 Å². The summed E-state index contributed by atoms with van der Waals surface area (Å²) in [6.07, 6.45) is -0.815. The summed E-state index contributed by atoms with van der Waals surface area (Å²) in [5.41, 5.74) is 0.290. The molecule has 1 saturated carbocycles. The van der Waals surface area contributed by atoms with E-state index >= 15 is 0 Å². The molecule has 2 amide bonds. The second-order valence-electron chi connectivity index (χ2n) is 8.57. The zero-order valence-electron chi connectivity index (χ0n) is 16.7. The molecule has 0 N–H and O–H groups in total. The molecule has 1 aliphatic heterocycles. The number of imide groups is 1. The van der Waals surface area contributed by atoms with Crippen LogP contribution in [0.15, 0.2) is 48.5 Å². The van der Waals surface area contributed by atoms with E-state index in [2.05, 4.69) is 0 Å². The highest BCUT2D eigenvalue weighted by atomic mass is 16.6. The maximum Gasteiger partial charge on any atom is 0.421 e. The van der Waals surface area contributed by atoms with E-state index in [1.807, 2.05) is 31.2 Å². The molecule has 2 aliphatic rings. The van der Waals surface area contributed by atoms with Gasteiger partial charge in [-0.2, -0.15) is 0 Å². The van der Waals surface area contributed by atoms with E-state index in [1.54, 1.807) is 45.0 Å². The Morgan fingerprint density at radius 3 is 2.38 bits per heavy atom. The fraction of sp³-hybridized carbons (Fsp3) is 0.364. The van der Waals surface area contributed by atoms with Crippen molar-refractivity contribution >= 4 is 17.7 Å². The lowest BCUT2D eigenvalue weighted by atomic mass is 9.90. The van der Waals surface area contributed by atoms with Gasteiger partial charge in [-0.05, 0) is 50.5 Å². The molecule has 0 saturated heterocycles. The SMILES string of the molecule is Cc1ccccc1[C@H]1C([N+](=O)[O-])[C@@]12C(=O)N(C(=O)OC(C)(C)C)c1ccccc12. The number of nitrogens with zero attached hydrogens (tertiary/aromatic N) is 2. The van der Waals surface area contributed by atoms with Crippen molar-refractivity contribution in [2.24, 2.45) is 0 Å². The third-order valence-electron chi connectivity index (χ3n) is 5.64. The highest BCUT2D eigenvalue weighted by molar-refractivity contribution is 6.23. The Labute approximate surface area is 168 Å². The Morgan fingerprint density at radius 1 is 1.14 bits per heavy atom. The molecule has 1 spiro atoms. The van der Waals surface area contributed by atoms with Gasteiger partial charge in [0.2, 0.25) is 6.04 Å². The van der Waals surface area contributed by atoms with Gasteiger partial charge in [-0.25, -0.2) is 9.69 Å². The topological polar surface area (TPSA) is 89.8 Å².